The van der Waals surface area contributed by atoms with Crippen molar-refractivity contribution in [3.05, 3.63) is 82.8 Å². The third kappa shape index (κ3) is 3.82. The number of amides is 1. The van der Waals surface area contributed by atoms with E-state index in [4.69, 9.17) is 0 Å². The molecule has 0 saturated carbocycles. The number of rotatable bonds is 5. The van der Waals surface area contributed by atoms with Gasteiger partial charge in [0.2, 0.25) is 5.91 Å². The molecule has 1 fully saturated rings. The monoisotopic (exact) mass is 428 g/mol. The highest BCUT2D eigenvalue weighted by Gasteiger charge is 2.22. The SMILES string of the molecule is Cn1c(=O)n(CCC(=O)N2CCN(Cc3cccc4ccccc34)CC2)c2ccccc21. The van der Waals surface area contributed by atoms with Gasteiger partial charge in [-0.1, -0.05) is 54.6 Å². The third-order valence-electron chi connectivity index (χ3n) is 6.60. The van der Waals surface area contributed by atoms with Crippen molar-refractivity contribution in [3.63, 3.8) is 0 Å². The largest absolute Gasteiger partial charge is 0.340 e. The number of aryl methyl sites for hydroxylation is 2. The van der Waals surface area contributed by atoms with Gasteiger partial charge in [-0.15, -0.1) is 0 Å². The second-order valence-electron chi connectivity index (χ2n) is 8.53. The molecule has 164 valence electrons. The number of benzene rings is 3. The normalized spacial score (nSPS) is 15.0. The third-order valence-corrected chi connectivity index (χ3v) is 6.60. The molecule has 0 N–H and O–H groups in total. The Labute approximate surface area is 187 Å². The molecular formula is C26H28N4O2. The van der Waals surface area contributed by atoms with Crippen molar-refractivity contribution in [1.29, 1.82) is 0 Å². The van der Waals surface area contributed by atoms with Crippen LogP contribution < -0.4 is 5.69 Å². The van der Waals surface area contributed by atoms with Crippen molar-refractivity contribution < 1.29 is 4.79 Å². The first-order chi connectivity index (χ1) is 15.6. The van der Waals surface area contributed by atoms with Gasteiger partial charge in [0.1, 0.15) is 0 Å². The molecule has 5 rings (SSSR count). The lowest BCUT2D eigenvalue weighted by atomic mass is 10.0. The first kappa shape index (κ1) is 20.5. The summed E-state index contributed by atoms with van der Waals surface area (Å²) < 4.78 is 3.36. The van der Waals surface area contributed by atoms with Gasteiger partial charge in [0.05, 0.1) is 11.0 Å². The second-order valence-corrected chi connectivity index (χ2v) is 8.53. The molecule has 0 unspecified atom stereocenters. The molecule has 32 heavy (non-hydrogen) atoms. The summed E-state index contributed by atoms with van der Waals surface area (Å²) in [5, 5.41) is 2.57. The number of imidazole rings is 1. The molecule has 3 aromatic carbocycles. The van der Waals surface area contributed by atoms with E-state index < -0.39 is 0 Å². The van der Waals surface area contributed by atoms with Crippen LogP contribution in [0.5, 0.6) is 0 Å². The Morgan fingerprint density at radius 1 is 0.844 bits per heavy atom. The van der Waals surface area contributed by atoms with Crippen LogP contribution in [0.3, 0.4) is 0 Å². The molecule has 0 bridgehead atoms. The topological polar surface area (TPSA) is 50.5 Å². The molecule has 0 aliphatic carbocycles. The summed E-state index contributed by atoms with van der Waals surface area (Å²) in [7, 11) is 1.78. The average molecular weight is 429 g/mol. The summed E-state index contributed by atoms with van der Waals surface area (Å²) in [5.41, 5.74) is 3.04. The maximum atomic E-state index is 12.9. The molecule has 0 radical (unpaired) electrons. The zero-order valence-corrected chi connectivity index (χ0v) is 18.4. The van der Waals surface area contributed by atoms with Crippen LogP contribution in [0.4, 0.5) is 0 Å². The number of aromatic nitrogens is 2. The molecule has 4 aromatic rings. The first-order valence-electron chi connectivity index (χ1n) is 11.2. The van der Waals surface area contributed by atoms with Gasteiger partial charge in [-0.25, -0.2) is 4.79 Å². The van der Waals surface area contributed by atoms with Gasteiger partial charge in [-0.3, -0.25) is 18.8 Å². The minimum Gasteiger partial charge on any atom is -0.340 e. The molecule has 2 heterocycles. The smallest absolute Gasteiger partial charge is 0.328 e. The molecule has 1 saturated heterocycles. The Morgan fingerprint density at radius 2 is 1.53 bits per heavy atom. The van der Waals surface area contributed by atoms with Gasteiger partial charge >= 0.3 is 5.69 Å². The molecule has 0 spiro atoms. The summed E-state index contributed by atoms with van der Waals surface area (Å²) in [4.78, 5) is 29.8. The second kappa shape index (κ2) is 8.63. The van der Waals surface area contributed by atoms with Crippen molar-refractivity contribution in [2.75, 3.05) is 26.2 Å². The number of hydrogen-bond donors (Lipinski definition) is 0. The van der Waals surface area contributed by atoms with E-state index in [2.05, 4.69) is 47.4 Å². The highest BCUT2D eigenvalue weighted by Crippen LogP contribution is 2.21. The summed E-state index contributed by atoms with van der Waals surface area (Å²) >= 11 is 0. The van der Waals surface area contributed by atoms with Crippen LogP contribution in [-0.2, 0) is 24.9 Å². The zero-order valence-electron chi connectivity index (χ0n) is 18.4. The first-order valence-corrected chi connectivity index (χ1v) is 11.2. The Hall–Kier alpha value is -3.38. The highest BCUT2D eigenvalue weighted by atomic mass is 16.2. The van der Waals surface area contributed by atoms with E-state index in [9.17, 15) is 9.59 Å². The molecule has 1 aliphatic rings. The van der Waals surface area contributed by atoms with Crippen LogP contribution in [0.2, 0.25) is 0 Å². The summed E-state index contributed by atoms with van der Waals surface area (Å²) in [6.45, 7) is 4.50. The molecule has 6 nitrogen and oxygen atoms in total. The van der Waals surface area contributed by atoms with Crippen molar-refractivity contribution in [2.45, 2.75) is 19.5 Å². The fraction of sp³-hybridized carbons (Fsp3) is 0.308. The molecule has 1 aliphatic heterocycles. The van der Waals surface area contributed by atoms with Gasteiger partial charge in [-0.05, 0) is 28.5 Å². The van der Waals surface area contributed by atoms with Crippen LogP contribution in [0.1, 0.15) is 12.0 Å². The predicted molar refractivity (Wildman–Crippen MR) is 128 cm³/mol. The van der Waals surface area contributed by atoms with E-state index in [0.29, 0.717) is 13.0 Å². The van der Waals surface area contributed by atoms with Crippen LogP contribution in [0.25, 0.3) is 21.8 Å². The number of carbonyl (C=O) groups is 1. The number of piperazine rings is 1. The van der Waals surface area contributed by atoms with Crippen LogP contribution in [0, 0.1) is 0 Å². The van der Waals surface area contributed by atoms with Crippen molar-refractivity contribution in [1.82, 2.24) is 18.9 Å². The molecule has 1 aromatic heterocycles. The van der Waals surface area contributed by atoms with Gasteiger partial charge in [0.15, 0.2) is 0 Å². The van der Waals surface area contributed by atoms with Gasteiger partial charge in [0.25, 0.3) is 0 Å². The standard InChI is InChI=1S/C26H28N4O2/c1-27-23-11-4-5-12-24(23)30(26(27)32)14-13-25(31)29-17-15-28(16-18-29)19-21-9-6-8-20-7-2-3-10-22(20)21/h2-12H,13-19H2,1H3. The van der Waals surface area contributed by atoms with Crippen LogP contribution in [0.15, 0.2) is 71.5 Å². The number of nitrogens with zero attached hydrogens (tertiary/aromatic N) is 4. The molecule has 0 atom stereocenters. The van der Waals surface area contributed by atoms with E-state index in [0.717, 1.165) is 43.8 Å². The number of para-hydroxylation sites is 2. The predicted octanol–water partition coefficient (Wildman–Crippen LogP) is 3.23. The van der Waals surface area contributed by atoms with E-state index in [1.807, 2.05) is 29.2 Å². The number of fused-ring (bicyclic) bond motifs is 2. The quantitative estimate of drug-likeness (QED) is 0.490. The van der Waals surface area contributed by atoms with E-state index in [-0.39, 0.29) is 11.6 Å². The maximum Gasteiger partial charge on any atom is 0.328 e. The average Bonchev–Trinajstić information content (AvgIpc) is 3.08. The summed E-state index contributed by atoms with van der Waals surface area (Å²) in [6, 6.07) is 22.7. The van der Waals surface area contributed by atoms with Crippen molar-refractivity contribution in [2.24, 2.45) is 7.05 Å². The minimum atomic E-state index is -0.0705. The van der Waals surface area contributed by atoms with Crippen molar-refractivity contribution >= 4 is 27.7 Å². The Bertz CT molecular complexity index is 1320. The molecular weight excluding hydrogens is 400 g/mol. The molecule has 6 heteroatoms. The lowest BCUT2D eigenvalue weighted by molar-refractivity contribution is -0.133. The number of hydrogen-bond acceptors (Lipinski definition) is 3. The van der Waals surface area contributed by atoms with Gasteiger partial charge in [-0.2, -0.15) is 0 Å². The Morgan fingerprint density at radius 3 is 2.34 bits per heavy atom. The highest BCUT2D eigenvalue weighted by molar-refractivity contribution is 5.85. The van der Waals surface area contributed by atoms with E-state index in [1.165, 1.54) is 16.3 Å². The fourth-order valence-electron chi connectivity index (χ4n) is 4.77. The lowest BCUT2D eigenvalue weighted by Crippen LogP contribution is -2.48. The fourth-order valence-corrected chi connectivity index (χ4v) is 4.77. The van der Waals surface area contributed by atoms with Crippen LogP contribution in [-0.4, -0.2) is 51.0 Å². The van der Waals surface area contributed by atoms with Crippen molar-refractivity contribution in [3.8, 4) is 0 Å². The van der Waals surface area contributed by atoms with Gasteiger partial charge < -0.3 is 4.90 Å². The zero-order chi connectivity index (χ0) is 22.1. The lowest BCUT2D eigenvalue weighted by Gasteiger charge is -2.35. The van der Waals surface area contributed by atoms with Gasteiger partial charge in [0, 0.05) is 52.7 Å². The maximum absolute atomic E-state index is 12.9. The minimum absolute atomic E-state index is 0.0705. The van der Waals surface area contributed by atoms with E-state index in [1.54, 1.807) is 16.2 Å². The summed E-state index contributed by atoms with van der Waals surface area (Å²) in [6.07, 6.45) is 0.344. The van der Waals surface area contributed by atoms with Crippen LogP contribution >= 0.6 is 0 Å². The Balaban J connectivity index is 1.19. The molecule has 1 amide bonds. The Kier molecular flexibility index (Phi) is 5.53. The van der Waals surface area contributed by atoms with E-state index >= 15 is 0 Å². The summed E-state index contributed by atoms with van der Waals surface area (Å²) in [5.74, 6) is 0.120. The number of carbonyl (C=O) groups excluding carboxylic acids is 1.